The van der Waals surface area contributed by atoms with Gasteiger partial charge in [-0.2, -0.15) is 0 Å². The topological polar surface area (TPSA) is 57.7 Å². The van der Waals surface area contributed by atoms with E-state index in [-0.39, 0.29) is 24.3 Å². The molecule has 0 aromatic heterocycles. The van der Waals surface area contributed by atoms with Gasteiger partial charge in [-0.15, -0.1) is 0 Å². The molecule has 29 heavy (non-hydrogen) atoms. The molecular weight excluding hydrogens is 364 g/mol. The molecule has 0 bridgehead atoms. The number of carbonyl (C=O) groups excluding carboxylic acids is 3. The second kappa shape index (κ2) is 7.51. The Morgan fingerprint density at radius 2 is 1.55 bits per heavy atom. The van der Waals surface area contributed by atoms with Gasteiger partial charge in [0.1, 0.15) is 0 Å². The number of carbonyl (C=O) groups is 3. The molecule has 0 N–H and O–H groups in total. The number of hydrogen-bond acceptors (Lipinski definition) is 3. The average Bonchev–Trinajstić information content (AvgIpc) is 2.71. The summed E-state index contributed by atoms with van der Waals surface area (Å²) < 4.78 is 0. The Hall–Kier alpha value is -3.47. The number of aryl methyl sites for hydroxylation is 1. The van der Waals surface area contributed by atoms with Crippen LogP contribution >= 0.6 is 0 Å². The van der Waals surface area contributed by atoms with E-state index in [1.165, 1.54) is 11.8 Å². The van der Waals surface area contributed by atoms with Crippen LogP contribution in [0, 0.1) is 6.92 Å². The zero-order valence-corrected chi connectivity index (χ0v) is 16.5. The van der Waals surface area contributed by atoms with Gasteiger partial charge in [0.05, 0.1) is 0 Å². The number of hydrogen-bond donors (Lipinski definition) is 0. The minimum Gasteiger partial charge on any atom is -0.313 e. The lowest BCUT2D eigenvalue weighted by Crippen LogP contribution is -2.42. The molecule has 3 aromatic carbocycles. The van der Waals surface area contributed by atoms with E-state index in [4.69, 9.17) is 0 Å². The second-order valence-corrected chi connectivity index (χ2v) is 7.33. The van der Waals surface area contributed by atoms with Gasteiger partial charge in [0, 0.05) is 42.2 Å². The van der Waals surface area contributed by atoms with Crippen molar-refractivity contribution in [3.8, 4) is 0 Å². The first-order chi connectivity index (χ1) is 14.0. The first-order valence-corrected chi connectivity index (χ1v) is 9.70. The molecule has 1 aliphatic heterocycles. The normalized spacial score (nSPS) is 13.1. The summed E-state index contributed by atoms with van der Waals surface area (Å²) in [7, 11) is 0. The fourth-order valence-corrected chi connectivity index (χ4v) is 3.93. The number of imide groups is 1. The van der Waals surface area contributed by atoms with Crippen LogP contribution in [0.15, 0.2) is 60.7 Å². The number of nitrogens with zero attached hydrogens (tertiary/aromatic N) is 2. The Labute approximate surface area is 169 Å². The van der Waals surface area contributed by atoms with Gasteiger partial charge in [-0.3, -0.25) is 19.3 Å². The van der Waals surface area contributed by atoms with Crippen LogP contribution in [0.25, 0.3) is 10.8 Å². The molecule has 0 aliphatic carbocycles. The summed E-state index contributed by atoms with van der Waals surface area (Å²) in [6.45, 7) is 4.20. The van der Waals surface area contributed by atoms with Crippen LogP contribution in [-0.4, -0.2) is 35.7 Å². The van der Waals surface area contributed by atoms with E-state index in [9.17, 15) is 14.4 Å². The zero-order chi connectivity index (χ0) is 20.5. The van der Waals surface area contributed by atoms with Gasteiger partial charge in [-0.25, -0.2) is 0 Å². The van der Waals surface area contributed by atoms with Gasteiger partial charge in [0.25, 0.3) is 11.8 Å². The highest BCUT2D eigenvalue weighted by Crippen LogP contribution is 2.30. The lowest BCUT2D eigenvalue weighted by atomic mass is 9.94. The quantitative estimate of drug-likeness (QED) is 0.618. The van der Waals surface area contributed by atoms with Gasteiger partial charge in [0.2, 0.25) is 5.91 Å². The largest absolute Gasteiger partial charge is 0.313 e. The summed E-state index contributed by atoms with van der Waals surface area (Å²) in [6, 6.07) is 18.8. The third kappa shape index (κ3) is 3.40. The van der Waals surface area contributed by atoms with Crippen LogP contribution in [0.1, 0.15) is 39.6 Å². The molecule has 0 atom stereocenters. The highest BCUT2D eigenvalue weighted by molar-refractivity contribution is 6.25. The van der Waals surface area contributed by atoms with Crippen molar-refractivity contribution in [3.63, 3.8) is 0 Å². The van der Waals surface area contributed by atoms with Crippen LogP contribution in [0.4, 0.5) is 5.69 Å². The zero-order valence-electron chi connectivity index (χ0n) is 16.5. The average molecular weight is 386 g/mol. The highest BCUT2D eigenvalue weighted by atomic mass is 16.2. The van der Waals surface area contributed by atoms with Crippen molar-refractivity contribution in [2.75, 3.05) is 18.0 Å². The van der Waals surface area contributed by atoms with Gasteiger partial charge >= 0.3 is 0 Å². The summed E-state index contributed by atoms with van der Waals surface area (Å²) in [4.78, 5) is 41.0. The molecule has 1 heterocycles. The lowest BCUT2D eigenvalue weighted by molar-refractivity contribution is -0.116. The van der Waals surface area contributed by atoms with Crippen molar-refractivity contribution in [2.45, 2.75) is 20.3 Å². The second-order valence-electron chi connectivity index (χ2n) is 7.33. The summed E-state index contributed by atoms with van der Waals surface area (Å²) in [6.07, 6.45) is 0.503. The molecule has 4 rings (SSSR count). The van der Waals surface area contributed by atoms with E-state index in [1.54, 1.807) is 17.0 Å². The van der Waals surface area contributed by atoms with Crippen molar-refractivity contribution >= 4 is 34.2 Å². The van der Waals surface area contributed by atoms with Gasteiger partial charge in [0.15, 0.2) is 0 Å². The van der Waals surface area contributed by atoms with Crippen LogP contribution in [0.3, 0.4) is 0 Å². The van der Waals surface area contributed by atoms with Crippen molar-refractivity contribution in [3.05, 3.63) is 77.4 Å². The highest BCUT2D eigenvalue weighted by Gasteiger charge is 2.32. The Kier molecular flexibility index (Phi) is 4.89. The molecule has 5 heteroatoms. The summed E-state index contributed by atoms with van der Waals surface area (Å²) in [5.41, 5.74) is 3.00. The first kappa shape index (κ1) is 18.9. The van der Waals surface area contributed by atoms with E-state index >= 15 is 0 Å². The molecule has 146 valence electrons. The molecule has 0 unspecified atom stereocenters. The molecular formula is C24H22N2O3. The monoisotopic (exact) mass is 386 g/mol. The van der Waals surface area contributed by atoms with Crippen molar-refractivity contribution in [1.29, 1.82) is 0 Å². The van der Waals surface area contributed by atoms with E-state index < -0.39 is 0 Å². The van der Waals surface area contributed by atoms with E-state index in [0.29, 0.717) is 24.1 Å². The van der Waals surface area contributed by atoms with Crippen molar-refractivity contribution < 1.29 is 14.4 Å². The first-order valence-electron chi connectivity index (χ1n) is 9.70. The number of anilines is 1. The van der Waals surface area contributed by atoms with Crippen LogP contribution in [0.2, 0.25) is 0 Å². The molecule has 0 saturated carbocycles. The fraction of sp³-hybridized carbons (Fsp3) is 0.208. The third-order valence-electron chi connectivity index (χ3n) is 5.31. The Morgan fingerprint density at radius 1 is 0.931 bits per heavy atom. The van der Waals surface area contributed by atoms with E-state index in [1.807, 2.05) is 55.5 Å². The SMILES string of the molecule is CC(=O)N(CCCN1C(=O)c2cccc3cccc(c23)C1=O)c1cccc(C)c1. The predicted octanol–water partition coefficient (Wildman–Crippen LogP) is 4.19. The smallest absolute Gasteiger partial charge is 0.261 e. The molecule has 3 aromatic rings. The summed E-state index contributed by atoms with van der Waals surface area (Å²) in [5, 5.41) is 1.62. The van der Waals surface area contributed by atoms with Crippen LogP contribution < -0.4 is 4.90 Å². The Balaban J connectivity index is 1.54. The predicted molar refractivity (Wildman–Crippen MR) is 113 cm³/mol. The maximum absolute atomic E-state index is 13.0. The van der Waals surface area contributed by atoms with E-state index in [0.717, 1.165) is 22.0 Å². The summed E-state index contributed by atoms with van der Waals surface area (Å²) in [5.74, 6) is -0.615. The molecule has 3 amide bonds. The minimum atomic E-state index is -0.274. The lowest BCUT2D eigenvalue weighted by Gasteiger charge is -2.28. The van der Waals surface area contributed by atoms with Gasteiger partial charge < -0.3 is 4.90 Å². The number of benzene rings is 3. The Bertz CT molecular complexity index is 1090. The minimum absolute atomic E-state index is 0.0676. The molecule has 0 radical (unpaired) electrons. The van der Waals surface area contributed by atoms with Gasteiger partial charge in [-0.05, 0) is 48.6 Å². The van der Waals surface area contributed by atoms with Crippen LogP contribution in [-0.2, 0) is 4.79 Å². The molecule has 1 aliphatic rings. The van der Waals surface area contributed by atoms with E-state index in [2.05, 4.69) is 0 Å². The van der Waals surface area contributed by atoms with Crippen LogP contribution in [0.5, 0.6) is 0 Å². The molecule has 5 nitrogen and oxygen atoms in total. The number of rotatable bonds is 5. The summed E-state index contributed by atoms with van der Waals surface area (Å²) >= 11 is 0. The molecule has 0 fully saturated rings. The maximum atomic E-state index is 13.0. The standard InChI is InChI=1S/C24H22N2O3/c1-16-7-3-10-19(15-16)25(17(2)27)13-6-14-26-23(28)20-11-4-8-18-9-5-12-21(22(18)20)24(26)29/h3-5,7-12,15H,6,13-14H2,1-2H3. The fourth-order valence-electron chi connectivity index (χ4n) is 3.93. The van der Waals surface area contributed by atoms with Gasteiger partial charge in [-0.1, -0.05) is 36.4 Å². The molecule has 0 saturated heterocycles. The van der Waals surface area contributed by atoms with Crippen molar-refractivity contribution in [2.24, 2.45) is 0 Å². The third-order valence-corrected chi connectivity index (χ3v) is 5.31. The molecule has 0 spiro atoms. The Morgan fingerprint density at radius 3 is 2.14 bits per heavy atom. The van der Waals surface area contributed by atoms with Crippen molar-refractivity contribution in [1.82, 2.24) is 4.90 Å². The number of amides is 3. The maximum Gasteiger partial charge on any atom is 0.261 e.